The summed E-state index contributed by atoms with van der Waals surface area (Å²) in [5, 5.41) is 6.05. The van der Waals surface area contributed by atoms with Crippen LogP contribution in [0.2, 0.25) is 0 Å². The number of carbonyl (C=O) groups is 1. The standard InChI is InChI=1S/C25H34FN3O3/c1-5-12-27-25(30)28-21(6-2)24-19-15-23(32-4)22(31-3)14-17(19)11-13-29(24)16-18-9-7-8-10-20(18)26/h7-10,14-15,21,24H,5-6,11-13,16H2,1-4H3,(H2,27,28,30)/t21-,24-/m0/s1. The zero-order valence-electron chi connectivity index (χ0n) is 19.4. The maximum atomic E-state index is 14.5. The van der Waals surface area contributed by atoms with E-state index < -0.39 is 0 Å². The van der Waals surface area contributed by atoms with Gasteiger partial charge >= 0.3 is 6.03 Å². The Labute approximate surface area is 190 Å². The highest BCUT2D eigenvalue weighted by Crippen LogP contribution is 2.40. The van der Waals surface area contributed by atoms with Gasteiger partial charge in [-0.05, 0) is 48.6 Å². The molecule has 0 saturated carbocycles. The van der Waals surface area contributed by atoms with E-state index in [4.69, 9.17) is 9.47 Å². The van der Waals surface area contributed by atoms with Crippen molar-refractivity contribution >= 4 is 6.03 Å². The lowest BCUT2D eigenvalue weighted by atomic mass is 9.86. The van der Waals surface area contributed by atoms with Crippen molar-refractivity contribution in [2.24, 2.45) is 0 Å². The summed E-state index contributed by atoms with van der Waals surface area (Å²) in [7, 11) is 3.25. The first kappa shape index (κ1) is 23.9. The van der Waals surface area contributed by atoms with Crippen molar-refractivity contribution in [1.82, 2.24) is 15.5 Å². The number of nitrogens with zero attached hydrogens (tertiary/aromatic N) is 1. The number of nitrogens with one attached hydrogen (secondary N) is 2. The molecule has 3 rings (SSSR count). The van der Waals surface area contributed by atoms with Crippen LogP contribution in [0.25, 0.3) is 0 Å². The maximum absolute atomic E-state index is 14.5. The third kappa shape index (κ3) is 5.33. The molecule has 2 aromatic rings. The van der Waals surface area contributed by atoms with Crippen LogP contribution in [0.4, 0.5) is 9.18 Å². The number of benzene rings is 2. The second-order valence-electron chi connectivity index (χ2n) is 8.08. The van der Waals surface area contributed by atoms with Crippen molar-refractivity contribution in [3.63, 3.8) is 0 Å². The van der Waals surface area contributed by atoms with E-state index in [0.717, 1.165) is 36.9 Å². The second-order valence-corrected chi connectivity index (χ2v) is 8.08. The zero-order valence-corrected chi connectivity index (χ0v) is 19.4. The predicted octanol–water partition coefficient (Wildman–Crippen LogP) is 4.43. The molecular formula is C25H34FN3O3. The van der Waals surface area contributed by atoms with Crippen LogP contribution in [-0.4, -0.2) is 44.3 Å². The number of fused-ring (bicyclic) bond motifs is 1. The van der Waals surface area contributed by atoms with Gasteiger partial charge in [-0.2, -0.15) is 0 Å². The predicted molar refractivity (Wildman–Crippen MR) is 124 cm³/mol. The van der Waals surface area contributed by atoms with Crippen LogP contribution in [-0.2, 0) is 13.0 Å². The average molecular weight is 444 g/mol. The Hall–Kier alpha value is -2.80. The Morgan fingerprint density at radius 2 is 1.91 bits per heavy atom. The van der Waals surface area contributed by atoms with E-state index in [0.29, 0.717) is 30.2 Å². The van der Waals surface area contributed by atoms with Gasteiger partial charge in [-0.25, -0.2) is 9.18 Å². The molecule has 0 aliphatic carbocycles. The van der Waals surface area contributed by atoms with E-state index in [2.05, 4.69) is 22.5 Å². The van der Waals surface area contributed by atoms with Gasteiger partial charge in [-0.15, -0.1) is 0 Å². The maximum Gasteiger partial charge on any atom is 0.315 e. The summed E-state index contributed by atoms with van der Waals surface area (Å²) in [5.41, 5.74) is 2.88. The summed E-state index contributed by atoms with van der Waals surface area (Å²) >= 11 is 0. The number of ether oxygens (including phenoxy) is 2. The van der Waals surface area contributed by atoms with E-state index in [1.807, 2.05) is 31.2 Å². The molecule has 7 heteroatoms. The average Bonchev–Trinajstić information content (AvgIpc) is 2.81. The van der Waals surface area contributed by atoms with Crippen molar-refractivity contribution < 1.29 is 18.7 Å². The number of rotatable bonds is 9. The quantitative estimate of drug-likeness (QED) is 0.602. The van der Waals surface area contributed by atoms with Crippen LogP contribution in [0, 0.1) is 5.82 Å². The van der Waals surface area contributed by atoms with Crippen molar-refractivity contribution in [1.29, 1.82) is 0 Å². The molecule has 0 radical (unpaired) electrons. The molecular weight excluding hydrogens is 409 g/mol. The third-order valence-electron chi connectivity index (χ3n) is 6.03. The minimum atomic E-state index is -0.217. The van der Waals surface area contributed by atoms with Gasteiger partial charge in [0, 0.05) is 25.2 Å². The lowest BCUT2D eigenvalue weighted by Crippen LogP contribution is -2.51. The molecule has 2 amide bonds. The van der Waals surface area contributed by atoms with Crippen molar-refractivity contribution in [3.8, 4) is 11.5 Å². The van der Waals surface area contributed by atoms with E-state index in [9.17, 15) is 9.18 Å². The number of methoxy groups -OCH3 is 2. The molecule has 2 aromatic carbocycles. The fraction of sp³-hybridized carbons (Fsp3) is 0.480. The van der Waals surface area contributed by atoms with Crippen LogP contribution in [0.15, 0.2) is 36.4 Å². The molecule has 0 bridgehead atoms. The molecule has 0 unspecified atom stereocenters. The fourth-order valence-corrected chi connectivity index (χ4v) is 4.38. The Balaban J connectivity index is 2.00. The molecule has 1 aliphatic heterocycles. The first-order valence-corrected chi connectivity index (χ1v) is 11.3. The lowest BCUT2D eigenvalue weighted by Gasteiger charge is -2.42. The minimum Gasteiger partial charge on any atom is -0.493 e. The molecule has 0 fully saturated rings. The van der Waals surface area contributed by atoms with Crippen molar-refractivity contribution in [3.05, 3.63) is 58.9 Å². The monoisotopic (exact) mass is 443 g/mol. The van der Waals surface area contributed by atoms with E-state index in [1.165, 1.54) is 6.07 Å². The van der Waals surface area contributed by atoms with Crippen LogP contribution in [0.3, 0.4) is 0 Å². The van der Waals surface area contributed by atoms with Gasteiger partial charge in [-0.1, -0.05) is 32.0 Å². The molecule has 6 nitrogen and oxygen atoms in total. The lowest BCUT2D eigenvalue weighted by molar-refractivity contribution is 0.134. The summed E-state index contributed by atoms with van der Waals surface area (Å²) in [5.74, 6) is 1.12. The summed E-state index contributed by atoms with van der Waals surface area (Å²) in [6.45, 7) is 5.90. The molecule has 1 aliphatic rings. The van der Waals surface area contributed by atoms with Crippen molar-refractivity contribution in [2.75, 3.05) is 27.3 Å². The highest BCUT2D eigenvalue weighted by atomic mass is 19.1. The smallest absolute Gasteiger partial charge is 0.315 e. The van der Waals surface area contributed by atoms with E-state index in [-0.39, 0.29) is 23.9 Å². The largest absolute Gasteiger partial charge is 0.493 e. The summed E-state index contributed by atoms with van der Waals surface area (Å²) in [6.07, 6.45) is 2.40. The highest BCUT2D eigenvalue weighted by Gasteiger charge is 2.35. The normalized spacial score (nSPS) is 16.7. The van der Waals surface area contributed by atoms with Crippen LogP contribution in [0.1, 0.15) is 49.4 Å². The fourth-order valence-electron chi connectivity index (χ4n) is 4.38. The van der Waals surface area contributed by atoms with Crippen LogP contribution in [0.5, 0.6) is 11.5 Å². The zero-order chi connectivity index (χ0) is 23.1. The van der Waals surface area contributed by atoms with Gasteiger partial charge in [0.15, 0.2) is 11.5 Å². The van der Waals surface area contributed by atoms with Gasteiger partial charge in [-0.3, -0.25) is 4.90 Å². The van der Waals surface area contributed by atoms with E-state index in [1.54, 1.807) is 20.3 Å². The Morgan fingerprint density at radius 3 is 2.56 bits per heavy atom. The molecule has 0 saturated heterocycles. The number of halogens is 1. The van der Waals surface area contributed by atoms with Gasteiger partial charge < -0.3 is 20.1 Å². The third-order valence-corrected chi connectivity index (χ3v) is 6.03. The van der Waals surface area contributed by atoms with Crippen LogP contribution < -0.4 is 20.1 Å². The second kappa shape index (κ2) is 11.2. The summed E-state index contributed by atoms with van der Waals surface area (Å²) in [6, 6.07) is 10.4. The first-order valence-electron chi connectivity index (χ1n) is 11.3. The van der Waals surface area contributed by atoms with E-state index >= 15 is 0 Å². The van der Waals surface area contributed by atoms with Crippen molar-refractivity contribution in [2.45, 2.75) is 51.7 Å². The SMILES string of the molecule is CCCNC(=O)N[C@@H](CC)[C@@H]1c2cc(OC)c(OC)cc2CCN1Cc1ccccc1F. The molecule has 174 valence electrons. The minimum absolute atomic E-state index is 0.129. The Kier molecular flexibility index (Phi) is 8.33. The number of carbonyl (C=O) groups excluding carboxylic acids is 1. The molecule has 1 heterocycles. The van der Waals surface area contributed by atoms with Gasteiger partial charge in [0.25, 0.3) is 0 Å². The van der Waals surface area contributed by atoms with Gasteiger partial charge in [0.2, 0.25) is 0 Å². The summed E-state index contributed by atoms with van der Waals surface area (Å²) < 4.78 is 25.5. The molecule has 0 aromatic heterocycles. The Bertz CT molecular complexity index is 921. The molecule has 2 N–H and O–H groups in total. The number of hydrogen-bond acceptors (Lipinski definition) is 4. The first-order chi connectivity index (χ1) is 15.5. The van der Waals surface area contributed by atoms with Crippen LogP contribution >= 0.6 is 0 Å². The number of hydrogen-bond donors (Lipinski definition) is 2. The molecule has 2 atom stereocenters. The van der Waals surface area contributed by atoms with Gasteiger partial charge in [0.05, 0.1) is 26.3 Å². The number of amides is 2. The Morgan fingerprint density at radius 1 is 1.19 bits per heavy atom. The molecule has 0 spiro atoms. The topological polar surface area (TPSA) is 62.8 Å². The highest BCUT2D eigenvalue weighted by molar-refractivity contribution is 5.74. The van der Waals surface area contributed by atoms with Gasteiger partial charge in [0.1, 0.15) is 5.82 Å². The number of urea groups is 1. The molecule has 32 heavy (non-hydrogen) atoms. The summed E-state index contributed by atoms with van der Waals surface area (Å²) in [4.78, 5) is 14.8.